The predicted molar refractivity (Wildman–Crippen MR) is 68.7 cm³/mol. The van der Waals surface area contributed by atoms with Crippen LogP contribution in [0.5, 0.6) is 0 Å². The van der Waals surface area contributed by atoms with Crippen molar-refractivity contribution in [1.29, 1.82) is 0 Å². The average molecular weight is 260 g/mol. The van der Waals surface area contributed by atoms with Gasteiger partial charge in [0.05, 0.1) is 0 Å². The van der Waals surface area contributed by atoms with Crippen molar-refractivity contribution in [1.82, 2.24) is 10.1 Å². The topological polar surface area (TPSA) is 56.0 Å². The van der Waals surface area contributed by atoms with Gasteiger partial charge in [-0.1, -0.05) is 11.6 Å². The molecule has 4 unspecified atom stereocenters. The first-order valence-electron chi connectivity index (χ1n) is 7.65. The Bertz CT molecular complexity index is 496. The van der Waals surface area contributed by atoms with Gasteiger partial charge in [-0.2, -0.15) is 4.98 Å². The lowest BCUT2D eigenvalue weighted by atomic mass is 9.87. The SMILES string of the molecule is O=C1CCCC(c2nc(C3CC4CCC3C4)no2)C1. The second-order valence-corrected chi connectivity index (χ2v) is 6.60. The van der Waals surface area contributed by atoms with E-state index in [1.165, 1.54) is 25.7 Å². The molecule has 0 N–H and O–H groups in total. The summed E-state index contributed by atoms with van der Waals surface area (Å²) in [5.41, 5.74) is 0. The Labute approximate surface area is 113 Å². The molecule has 3 aliphatic carbocycles. The van der Waals surface area contributed by atoms with Crippen molar-refractivity contribution >= 4 is 5.78 Å². The van der Waals surface area contributed by atoms with Crippen molar-refractivity contribution in [2.45, 2.75) is 63.2 Å². The van der Waals surface area contributed by atoms with E-state index in [-0.39, 0.29) is 5.92 Å². The quantitative estimate of drug-likeness (QED) is 0.819. The minimum atomic E-state index is 0.182. The number of nitrogens with zero attached hydrogens (tertiary/aromatic N) is 2. The molecule has 2 bridgehead atoms. The van der Waals surface area contributed by atoms with Gasteiger partial charge in [-0.15, -0.1) is 0 Å². The van der Waals surface area contributed by atoms with Gasteiger partial charge in [-0.05, 0) is 43.9 Å². The van der Waals surface area contributed by atoms with Gasteiger partial charge in [0.2, 0.25) is 5.89 Å². The molecule has 102 valence electrons. The Morgan fingerprint density at radius 3 is 2.84 bits per heavy atom. The highest BCUT2D eigenvalue weighted by atomic mass is 16.5. The maximum Gasteiger partial charge on any atom is 0.230 e. The molecule has 4 rings (SSSR count). The number of fused-ring (bicyclic) bond motifs is 2. The molecule has 0 saturated heterocycles. The molecule has 1 heterocycles. The number of hydrogen-bond donors (Lipinski definition) is 0. The van der Waals surface area contributed by atoms with E-state index >= 15 is 0 Å². The molecule has 4 atom stereocenters. The molecule has 1 aromatic rings. The summed E-state index contributed by atoms with van der Waals surface area (Å²) >= 11 is 0. The lowest BCUT2D eigenvalue weighted by Crippen LogP contribution is -2.14. The molecule has 3 saturated carbocycles. The summed E-state index contributed by atoms with van der Waals surface area (Å²) in [5.74, 6) is 4.36. The van der Waals surface area contributed by atoms with Crippen LogP contribution >= 0.6 is 0 Å². The van der Waals surface area contributed by atoms with Crippen LogP contribution in [0.1, 0.15) is 74.9 Å². The number of Topliss-reactive ketones (excluding diaryl/α,β-unsaturated/α-hetero) is 1. The van der Waals surface area contributed by atoms with Crippen LogP contribution in [-0.2, 0) is 4.79 Å². The molecule has 19 heavy (non-hydrogen) atoms. The Kier molecular flexibility index (Phi) is 2.71. The number of aromatic nitrogens is 2. The first-order valence-corrected chi connectivity index (χ1v) is 7.65. The maximum atomic E-state index is 11.5. The Morgan fingerprint density at radius 1 is 1.16 bits per heavy atom. The summed E-state index contributed by atoms with van der Waals surface area (Å²) < 4.78 is 5.46. The highest BCUT2D eigenvalue weighted by molar-refractivity contribution is 5.79. The molecule has 3 fully saturated rings. The summed E-state index contributed by atoms with van der Waals surface area (Å²) in [6, 6.07) is 0. The van der Waals surface area contributed by atoms with E-state index < -0.39 is 0 Å². The van der Waals surface area contributed by atoms with Gasteiger partial charge < -0.3 is 4.52 Å². The third-order valence-corrected chi connectivity index (χ3v) is 5.36. The van der Waals surface area contributed by atoms with Crippen LogP contribution in [0.2, 0.25) is 0 Å². The predicted octanol–water partition coefficient (Wildman–Crippen LogP) is 3.20. The van der Waals surface area contributed by atoms with Crippen molar-refractivity contribution in [3.63, 3.8) is 0 Å². The van der Waals surface area contributed by atoms with Crippen molar-refractivity contribution in [3.8, 4) is 0 Å². The van der Waals surface area contributed by atoms with Gasteiger partial charge in [0, 0.05) is 24.7 Å². The molecule has 4 nitrogen and oxygen atoms in total. The molecule has 0 amide bonds. The fourth-order valence-electron chi connectivity index (χ4n) is 4.36. The van der Waals surface area contributed by atoms with E-state index in [0.29, 0.717) is 24.0 Å². The molecule has 4 heteroatoms. The summed E-state index contributed by atoms with van der Waals surface area (Å²) in [7, 11) is 0. The zero-order chi connectivity index (χ0) is 12.8. The van der Waals surface area contributed by atoms with Crippen molar-refractivity contribution in [2.24, 2.45) is 11.8 Å². The Balaban J connectivity index is 1.51. The first-order chi connectivity index (χ1) is 9.29. The minimum absolute atomic E-state index is 0.182. The largest absolute Gasteiger partial charge is 0.339 e. The van der Waals surface area contributed by atoms with Crippen molar-refractivity contribution in [3.05, 3.63) is 11.7 Å². The highest BCUT2D eigenvalue weighted by Crippen LogP contribution is 2.52. The van der Waals surface area contributed by atoms with Crippen LogP contribution in [0, 0.1) is 11.8 Å². The smallest absolute Gasteiger partial charge is 0.230 e. The van der Waals surface area contributed by atoms with E-state index in [9.17, 15) is 4.79 Å². The summed E-state index contributed by atoms with van der Waals surface area (Å²) in [6.45, 7) is 0. The van der Waals surface area contributed by atoms with Crippen molar-refractivity contribution in [2.75, 3.05) is 0 Å². The Morgan fingerprint density at radius 2 is 2.11 bits per heavy atom. The van der Waals surface area contributed by atoms with Crippen LogP contribution in [0.25, 0.3) is 0 Å². The number of rotatable bonds is 2. The normalized spacial score (nSPS) is 38.0. The molecule has 0 aliphatic heterocycles. The summed E-state index contributed by atoms with van der Waals surface area (Å²) in [5, 5.41) is 4.22. The number of hydrogen-bond acceptors (Lipinski definition) is 4. The molecule has 0 radical (unpaired) electrons. The van der Waals surface area contributed by atoms with E-state index in [1.807, 2.05) is 0 Å². The van der Waals surface area contributed by atoms with E-state index in [0.717, 1.165) is 36.9 Å². The van der Waals surface area contributed by atoms with Crippen LogP contribution in [-0.4, -0.2) is 15.9 Å². The molecule has 0 spiro atoms. The molecule has 3 aliphatic rings. The van der Waals surface area contributed by atoms with Crippen LogP contribution in [0.15, 0.2) is 4.52 Å². The second-order valence-electron chi connectivity index (χ2n) is 6.60. The van der Waals surface area contributed by atoms with Gasteiger partial charge in [-0.3, -0.25) is 4.79 Å². The van der Waals surface area contributed by atoms with Crippen LogP contribution < -0.4 is 0 Å². The lowest BCUT2D eigenvalue weighted by Gasteiger charge is -2.18. The number of ketones is 1. The molecular formula is C15H20N2O2. The van der Waals surface area contributed by atoms with Crippen LogP contribution in [0.3, 0.4) is 0 Å². The monoisotopic (exact) mass is 260 g/mol. The molecular weight excluding hydrogens is 240 g/mol. The third kappa shape index (κ3) is 2.01. The third-order valence-electron chi connectivity index (χ3n) is 5.36. The number of carbonyl (C=O) groups excluding carboxylic acids is 1. The van der Waals surface area contributed by atoms with Gasteiger partial charge in [0.25, 0.3) is 0 Å². The number of carbonyl (C=O) groups is 1. The van der Waals surface area contributed by atoms with E-state index in [2.05, 4.69) is 10.1 Å². The zero-order valence-corrected chi connectivity index (χ0v) is 11.2. The summed E-state index contributed by atoms with van der Waals surface area (Å²) in [6.07, 6.45) is 8.63. The fraction of sp³-hybridized carbons (Fsp3) is 0.800. The summed E-state index contributed by atoms with van der Waals surface area (Å²) in [4.78, 5) is 16.2. The van der Waals surface area contributed by atoms with Gasteiger partial charge in [-0.25, -0.2) is 0 Å². The lowest BCUT2D eigenvalue weighted by molar-refractivity contribution is -0.120. The van der Waals surface area contributed by atoms with Gasteiger partial charge in [0.1, 0.15) is 5.78 Å². The minimum Gasteiger partial charge on any atom is -0.339 e. The zero-order valence-electron chi connectivity index (χ0n) is 11.2. The van der Waals surface area contributed by atoms with Gasteiger partial charge >= 0.3 is 0 Å². The molecule has 0 aromatic carbocycles. The fourth-order valence-corrected chi connectivity index (χ4v) is 4.36. The highest BCUT2D eigenvalue weighted by Gasteiger charge is 2.42. The average Bonchev–Trinajstić information content (AvgIpc) is 3.14. The van der Waals surface area contributed by atoms with Crippen molar-refractivity contribution < 1.29 is 9.32 Å². The van der Waals surface area contributed by atoms with E-state index in [1.54, 1.807) is 0 Å². The van der Waals surface area contributed by atoms with Crippen LogP contribution in [0.4, 0.5) is 0 Å². The Hall–Kier alpha value is -1.19. The standard InChI is InChI=1S/C15H20N2O2/c18-12-3-1-2-11(8-12)15-16-14(17-19-15)13-7-9-4-5-10(13)6-9/h9-11,13H,1-8H2. The van der Waals surface area contributed by atoms with Gasteiger partial charge in [0.15, 0.2) is 5.82 Å². The molecule has 1 aromatic heterocycles. The first kappa shape index (κ1) is 11.6. The van der Waals surface area contributed by atoms with E-state index in [4.69, 9.17) is 4.52 Å². The maximum absolute atomic E-state index is 11.5. The second kappa shape index (κ2) is 4.43.